The van der Waals surface area contributed by atoms with Crippen molar-refractivity contribution in [1.82, 2.24) is 0 Å². The molecule has 7 heteroatoms. The van der Waals surface area contributed by atoms with Gasteiger partial charge >= 0.3 is 0 Å². The molecule has 2 aromatic rings. The predicted molar refractivity (Wildman–Crippen MR) is 69.7 cm³/mol. The second kappa shape index (κ2) is 7.02. The monoisotopic (exact) mass is 315 g/mol. The topological polar surface area (TPSA) is 21.6 Å². The van der Waals surface area contributed by atoms with Crippen LogP contribution in [0.4, 0.5) is 22.0 Å². The molecule has 0 unspecified atom stereocenters. The quantitative estimate of drug-likeness (QED) is 0.267. The minimum absolute atomic E-state index is 0.401. The molecule has 0 aliphatic heterocycles. The fourth-order valence-electron chi connectivity index (χ4n) is 1.69. The van der Waals surface area contributed by atoms with Crippen LogP contribution in [0.1, 0.15) is 11.1 Å². The molecule has 0 N–H and O–H groups in total. The van der Waals surface area contributed by atoms with E-state index in [9.17, 15) is 22.0 Å². The number of hydrogen-bond acceptors (Lipinski definition) is 2. The minimum Gasteiger partial charge on any atom is -0.391 e. The van der Waals surface area contributed by atoms with Crippen LogP contribution >= 0.6 is 0 Å². The maximum Gasteiger partial charge on any atom is 0.200 e. The van der Waals surface area contributed by atoms with E-state index in [2.05, 4.69) is 9.99 Å². The Hall–Kier alpha value is -2.44. The van der Waals surface area contributed by atoms with Crippen molar-refractivity contribution >= 4 is 6.21 Å². The Labute approximate surface area is 122 Å². The van der Waals surface area contributed by atoms with Crippen molar-refractivity contribution in [1.29, 1.82) is 0 Å². The van der Waals surface area contributed by atoms with Crippen molar-refractivity contribution in [3.63, 3.8) is 0 Å². The third-order valence-electron chi connectivity index (χ3n) is 2.83. The zero-order valence-electron chi connectivity index (χ0n) is 11.1. The Balaban J connectivity index is 2.00. The van der Waals surface area contributed by atoms with Crippen LogP contribution in [0.15, 0.2) is 35.5 Å². The second-order valence-electron chi connectivity index (χ2n) is 4.30. The number of halogens is 5. The minimum atomic E-state index is -2.20. The third kappa shape index (κ3) is 3.41. The molecule has 0 heterocycles. The van der Waals surface area contributed by atoms with Crippen LogP contribution in [0.2, 0.25) is 0 Å². The first-order chi connectivity index (χ1) is 10.5. The summed E-state index contributed by atoms with van der Waals surface area (Å²) in [5, 5.41) is 3.43. The molecular formula is C15H10F5NO. The van der Waals surface area contributed by atoms with Crippen LogP contribution < -0.4 is 0 Å². The molecule has 0 saturated heterocycles. The highest BCUT2D eigenvalue weighted by molar-refractivity contribution is 5.60. The van der Waals surface area contributed by atoms with E-state index in [0.29, 0.717) is 6.42 Å². The average molecular weight is 315 g/mol. The van der Waals surface area contributed by atoms with Gasteiger partial charge in [-0.25, -0.2) is 22.0 Å². The van der Waals surface area contributed by atoms with Gasteiger partial charge in [-0.05, 0) is 5.56 Å². The van der Waals surface area contributed by atoms with Gasteiger partial charge in [0.25, 0.3) is 0 Å². The first-order valence-electron chi connectivity index (χ1n) is 6.20. The number of oxime groups is 1. The summed E-state index contributed by atoms with van der Waals surface area (Å²) >= 11 is 0. The molecule has 0 aliphatic carbocycles. The van der Waals surface area contributed by atoms with Crippen LogP contribution in [-0.4, -0.2) is 6.21 Å². The first-order valence-corrected chi connectivity index (χ1v) is 6.20. The van der Waals surface area contributed by atoms with E-state index in [1.165, 1.54) is 6.21 Å². The van der Waals surface area contributed by atoms with Crippen LogP contribution in [0.25, 0.3) is 0 Å². The van der Waals surface area contributed by atoms with E-state index in [4.69, 9.17) is 0 Å². The van der Waals surface area contributed by atoms with Gasteiger partial charge in [0.15, 0.2) is 23.3 Å². The summed E-state index contributed by atoms with van der Waals surface area (Å²) in [5.74, 6) is -10.1. The molecule has 0 spiro atoms. The molecular weight excluding hydrogens is 305 g/mol. The van der Waals surface area contributed by atoms with Gasteiger partial charge in [0, 0.05) is 12.6 Å². The van der Waals surface area contributed by atoms with E-state index in [1.54, 1.807) is 0 Å². The highest BCUT2D eigenvalue weighted by Crippen LogP contribution is 2.23. The molecule has 2 nitrogen and oxygen atoms in total. The van der Waals surface area contributed by atoms with E-state index in [0.717, 1.165) is 5.56 Å². The largest absolute Gasteiger partial charge is 0.391 e. The van der Waals surface area contributed by atoms with Crippen molar-refractivity contribution in [2.45, 2.75) is 13.0 Å². The van der Waals surface area contributed by atoms with Gasteiger partial charge < -0.3 is 4.84 Å². The van der Waals surface area contributed by atoms with Crippen LogP contribution in [0.5, 0.6) is 0 Å². The second-order valence-corrected chi connectivity index (χ2v) is 4.30. The third-order valence-corrected chi connectivity index (χ3v) is 2.83. The van der Waals surface area contributed by atoms with E-state index in [1.807, 2.05) is 30.3 Å². The molecule has 0 aliphatic rings. The molecule has 0 fully saturated rings. The summed E-state index contributed by atoms with van der Waals surface area (Å²) in [6.45, 7) is -0.864. The Kier molecular flexibility index (Phi) is 5.08. The molecule has 0 radical (unpaired) electrons. The maximum atomic E-state index is 13.3. The van der Waals surface area contributed by atoms with Crippen molar-refractivity contribution in [2.75, 3.05) is 0 Å². The number of rotatable bonds is 5. The molecule has 0 amide bonds. The Morgan fingerprint density at radius 1 is 0.818 bits per heavy atom. The number of nitrogens with zero attached hydrogens (tertiary/aromatic N) is 1. The fourth-order valence-corrected chi connectivity index (χ4v) is 1.69. The lowest BCUT2D eigenvalue weighted by Crippen LogP contribution is -2.07. The lowest BCUT2D eigenvalue weighted by molar-refractivity contribution is 0.124. The summed E-state index contributed by atoms with van der Waals surface area (Å²) in [6, 6.07) is 9.13. The summed E-state index contributed by atoms with van der Waals surface area (Å²) in [6.07, 6.45) is 1.72. The molecule has 2 rings (SSSR count). The highest BCUT2D eigenvalue weighted by Gasteiger charge is 2.25. The fraction of sp³-hybridized carbons (Fsp3) is 0.133. The lowest BCUT2D eigenvalue weighted by atomic mass is 10.2. The molecule has 0 bridgehead atoms. The van der Waals surface area contributed by atoms with Crippen molar-refractivity contribution in [3.8, 4) is 0 Å². The van der Waals surface area contributed by atoms with Crippen molar-refractivity contribution in [3.05, 3.63) is 70.5 Å². The maximum absolute atomic E-state index is 13.3. The van der Waals surface area contributed by atoms with Gasteiger partial charge in [0.2, 0.25) is 5.82 Å². The average Bonchev–Trinajstić information content (AvgIpc) is 2.54. The molecule has 0 saturated carbocycles. The normalized spacial score (nSPS) is 11.1. The summed E-state index contributed by atoms with van der Waals surface area (Å²) < 4.78 is 65.4. The van der Waals surface area contributed by atoms with Crippen LogP contribution in [0.3, 0.4) is 0 Å². The highest BCUT2D eigenvalue weighted by atomic mass is 19.2. The number of hydrogen-bond donors (Lipinski definition) is 0. The molecule has 2 aromatic carbocycles. The Bertz CT molecular complexity index is 659. The van der Waals surface area contributed by atoms with Gasteiger partial charge in [-0.1, -0.05) is 35.5 Å². The SMILES string of the molecule is Fc1c(F)c(F)c(CO/N=C/Cc2ccccc2)c(F)c1F. The summed E-state index contributed by atoms with van der Waals surface area (Å²) in [5.41, 5.74) is -0.139. The smallest absolute Gasteiger partial charge is 0.200 e. The summed E-state index contributed by atoms with van der Waals surface area (Å²) in [4.78, 5) is 4.59. The van der Waals surface area contributed by atoms with E-state index in [-0.39, 0.29) is 0 Å². The zero-order chi connectivity index (χ0) is 16.1. The molecule has 22 heavy (non-hydrogen) atoms. The standard InChI is InChI=1S/C15H10F5NO/c16-11-10(12(17)14(19)15(20)13(11)18)8-22-21-7-6-9-4-2-1-3-5-9/h1-5,7H,6,8H2/b21-7+. The Morgan fingerprint density at radius 2 is 1.36 bits per heavy atom. The molecule has 0 atom stereocenters. The van der Waals surface area contributed by atoms with Gasteiger partial charge in [-0.2, -0.15) is 0 Å². The van der Waals surface area contributed by atoms with Crippen molar-refractivity contribution in [2.24, 2.45) is 5.16 Å². The van der Waals surface area contributed by atoms with Gasteiger partial charge in [0.05, 0.1) is 5.56 Å². The van der Waals surface area contributed by atoms with Gasteiger partial charge in [-0.3, -0.25) is 0 Å². The van der Waals surface area contributed by atoms with Gasteiger partial charge in [-0.15, -0.1) is 0 Å². The predicted octanol–water partition coefficient (Wildman–Crippen LogP) is 4.13. The van der Waals surface area contributed by atoms with Crippen LogP contribution in [-0.2, 0) is 17.9 Å². The van der Waals surface area contributed by atoms with Crippen LogP contribution in [0, 0.1) is 29.1 Å². The lowest BCUT2D eigenvalue weighted by Gasteiger charge is -2.06. The number of benzene rings is 2. The zero-order valence-corrected chi connectivity index (χ0v) is 11.1. The Morgan fingerprint density at radius 3 is 1.95 bits per heavy atom. The molecule has 116 valence electrons. The van der Waals surface area contributed by atoms with E-state index >= 15 is 0 Å². The summed E-state index contributed by atoms with van der Waals surface area (Å²) in [7, 11) is 0. The van der Waals surface area contributed by atoms with Gasteiger partial charge in [0.1, 0.15) is 6.61 Å². The first kappa shape index (κ1) is 15.9. The van der Waals surface area contributed by atoms with E-state index < -0.39 is 41.3 Å². The molecule has 0 aromatic heterocycles. The van der Waals surface area contributed by atoms with Crippen molar-refractivity contribution < 1.29 is 26.8 Å².